The number of sulfonamides is 1. The minimum Gasteiger partial charge on any atom is -0.497 e. The van der Waals surface area contributed by atoms with E-state index in [4.69, 9.17) is 14.6 Å². The topological polar surface area (TPSA) is 136 Å². The molecular formula is C14H18N2O7S. The number of benzene rings is 1. The van der Waals surface area contributed by atoms with Crippen molar-refractivity contribution in [1.82, 2.24) is 0 Å². The molecule has 3 N–H and O–H groups in total. The summed E-state index contributed by atoms with van der Waals surface area (Å²) in [5, 5.41) is 14.5. The van der Waals surface area contributed by atoms with Crippen molar-refractivity contribution in [3.63, 3.8) is 0 Å². The third-order valence-electron chi connectivity index (χ3n) is 3.69. The Labute approximate surface area is 139 Å². The lowest BCUT2D eigenvalue weighted by Gasteiger charge is -2.21. The van der Waals surface area contributed by atoms with Gasteiger partial charge in [0.2, 0.25) is 15.9 Å². The minimum atomic E-state index is -3.73. The van der Waals surface area contributed by atoms with E-state index in [1.54, 1.807) is 0 Å². The molecule has 1 saturated heterocycles. The summed E-state index contributed by atoms with van der Waals surface area (Å²) in [6.07, 6.45) is -0.0327. The van der Waals surface area contributed by atoms with Crippen LogP contribution in [-0.2, 0) is 14.8 Å². The Bertz CT molecular complexity index is 776. The first-order valence-corrected chi connectivity index (χ1v) is 8.68. The molecule has 1 unspecified atom stereocenters. The van der Waals surface area contributed by atoms with Gasteiger partial charge in [-0.05, 0) is 0 Å². The maximum atomic E-state index is 12.3. The number of carbonyl (C=O) groups is 2. The zero-order valence-corrected chi connectivity index (χ0v) is 14.0. The van der Waals surface area contributed by atoms with Gasteiger partial charge in [0, 0.05) is 31.0 Å². The summed E-state index contributed by atoms with van der Waals surface area (Å²) in [6.45, 7) is 0.0475. The molecule has 24 heavy (non-hydrogen) atoms. The Kier molecular flexibility index (Phi) is 4.99. The van der Waals surface area contributed by atoms with Crippen molar-refractivity contribution < 1.29 is 32.6 Å². The number of hydrogen-bond donors (Lipinski definition) is 2. The fourth-order valence-electron chi connectivity index (χ4n) is 2.74. The standard InChI is InChI=1S/C14H18N2O7S/c1-22-9-4-10(13(14(18)19)11(5-9)23-2)16-6-8(3-12(16)17)7-24(15,20)21/h4-5,8H,3,6-7H2,1-2H3,(H,18,19)(H2,15,20,21). The summed E-state index contributed by atoms with van der Waals surface area (Å²) in [5.74, 6) is -2.16. The fourth-order valence-corrected chi connectivity index (χ4v) is 3.62. The van der Waals surface area contributed by atoms with E-state index in [2.05, 4.69) is 0 Å². The van der Waals surface area contributed by atoms with E-state index >= 15 is 0 Å². The van der Waals surface area contributed by atoms with Crippen LogP contribution in [0.3, 0.4) is 0 Å². The monoisotopic (exact) mass is 358 g/mol. The van der Waals surface area contributed by atoms with Gasteiger partial charge in [-0.25, -0.2) is 18.4 Å². The quantitative estimate of drug-likeness (QED) is 0.733. The van der Waals surface area contributed by atoms with E-state index in [1.165, 1.54) is 31.3 Å². The number of carboxylic acids is 1. The number of rotatable bonds is 6. The molecule has 1 amide bonds. The maximum absolute atomic E-state index is 12.3. The molecule has 0 saturated carbocycles. The summed E-state index contributed by atoms with van der Waals surface area (Å²) in [6, 6.07) is 2.80. The molecule has 1 aromatic rings. The largest absolute Gasteiger partial charge is 0.497 e. The average Bonchev–Trinajstić information content (AvgIpc) is 2.83. The molecular weight excluding hydrogens is 340 g/mol. The number of carboxylic acid groups (broad SMARTS) is 1. The van der Waals surface area contributed by atoms with E-state index in [0.29, 0.717) is 5.75 Å². The summed E-state index contributed by atoms with van der Waals surface area (Å²) in [5.41, 5.74) is -0.0940. The van der Waals surface area contributed by atoms with Gasteiger partial charge in [-0.2, -0.15) is 0 Å². The number of carbonyl (C=O) groups excluding carboxylic acids is 1. The van der Waals surface area contributed by atoms with Crippen LogP contribution in [0.4, 0.5) is 5.69 Å². The van der Waals surface area contributed by atoms with E-state index < -0.39 is 21.9 Å². The molecule has 0 aliphatic carbocycles. The van der Waals surface area contributed by atoms with Gasteiger partial charge in [-0.1, -0.05) is 0 Å². The molecule has 1 atom stereocenters. The molecule has 0 radical (unpaired) electrons. The molecule has 0 aromatic heterocycles. The number of nitrogens with zero attached hydrogens (tertiary/aromatic N) is 1. The van der Waals surface area contributed by atoms with Gasteiger partial charge in [0.05, 0.1) is 25.7 Å². The number of ether oxygens (including phenoxy) is 2. The number of anilines is 1. The summed E-state index contributed by atoms with van der Waals surface area (Å²) in [7, 11) is -1.03. The van der Waals surface area contributed by atoms with Crippen molar-refractivity contribution in [2.75, 3.05) is 31.4 Å². The van der Waals surface area contributed by atoms with Gasteiger partial charge in [-0.15, -0.1) is 0 Å². The van der Waals surface area contributed by atoms with Crippen molar-refractivity contribution in [2.24, 2.45) is 11.1 Å². The first-order valence-electron chi connectivity index (χ1n) is 6.96. The van der Waals surface area contributed by atoms with Crippen molar-refractivity contribution in [3.8, 4) is 11.5 Å². The molecule has 132 valence electrons. The minimum absolute atomic E-state index is 0.0327. The predicted octanol–water partition coefficient (Wildman–Crippen LogP) is 0.0434. The second kappa shape index (κ2) is 6.65. The SMILES string of the molecule is COc1cc(OC)c(C(=O)O)c(N2CC(CS(N)(=O)=O)CC2=O)c1. The number of methoxy groups -OCH3 is 2. The molecule has 0 bridgehead atoms. The van der Waals surface area contributed by atoms with Crippen molar-refractivity contribution in [1.29, 1.82) is 0 Å². The van der Waals surface area contributed by atoms with Crippen LogP contribution in [0, 0.1) is 5.92 Å². The highest BCUT2D eigenvalue weighted by Gasteiger charge is 2.36. The lowest BCUT2D eigenvalue weighted by molar-refractivity contribution is -0.117. The number of aromatic carboxylic acids is 1. The first kappa shape index (κ1) is 18.0. The average molecular weight is 358 g/mol. The smallest absolute Gasteiger partial charge is 0.341 e. The van der Waals surface area contributed by atoms with E-state index in [-0.39, 0.29) is 41.6 Å². The lowest BCUT2D eigenvalue weighted by atomic mass is 10.1. The molecule has 1 aromatic carbocycles. The highest BCUT2D eigenvalue weighted by molar-refractivity contribution is 7.89. The number of nitrogens with two attached hydrogens (primary N) is 1. The number of amides is 1. The normalized spacial score (nSPS) is 17.9. The first-order chi connectivity index (χ1) is 11.2. The molecule has 1 aliphatic heterocycles. The number of primary sulfonamides is 1. The Morgan fingerprint density at radius 1 is 1.38 bits per heavy atom. The second-order valence-electron chi connectivity index (χ2n) is 5.43. The lowest BCUT2D eigenvalue weighted by Crippen LogP contribution is -2.29. The van der Waals surface area contributed by atoms with Crippen LogP contribution in [0.5, 0.6) is 11.5 Å². The molecule has 10 heteroatoms. The van der Waals surface area contributed by atoms with E-state index in [9.17, 15) is 23.1 Å². The fraction of sp³-hybridized carbons (Fsp3) is 0.429. The second-order valence-corrected chi connectivity index (χ2v) is 7.09. The molecule has 9 nitrogen and oxygen atoms in total. The molecule has 1 fully saturated rings. The van der Waals surface area contributed by atoms with Crippen molar-refractivity contribution in [2.45, 2.75) is 6.42 Å². The molecule has 1 heterocycles. The van der Waals surface area contributed by atoms with Crippen LogP contribution in [-0.4, -0.2) is 51.9 Å². The third-order valence-corrected chi connectivity index (χ3v) is 4.62. The predicted molar refractivity (Wildman–Crippen MR) is 84.9 cm³/mol. The zero-order chi connectivity index (χ0) is 18.1. The maximum Gasteiger partial charge on any atom is 0.341 e. The van der Waals surface area contributed by atoms with Crippen LogP contribution >= 0.6 is 0 Å². The Balaban J connectivity index is 2.47. The van der Waals surface area contributed by atoms with Crippen LogP contribution < -0.4 is 19.5 Å². The molecule has 1 aliphatic rings. The van der Waals surface area contributed by atoms with Crippen LogP contribution in [0.1, 0.15) is 16.8 Å². The highest BCUT2D eigenvalue weighted by atomic mass is 32.2. The van der Waals surface area contributed by atoms with Gasteiger partial charge in [0.15, 0.2) is 0 Å². The van der Waals surface area contributed by atoms with Crippen molar-refractivity contribution in [3.05, 3.63) is 17.7 Å². The van der Waals surface area contributed by atoms with E-state index in [1.807, 2.05) is 0 Å². The third kappa shape index (κ3) is 3.77. The Morgan fingerprint density at radius 3 is 2.54 bits per heavy atom. The summed E-state index contributed by atoms with van der Waals surface area (Å²) >= 11 is 0. The molecule has 2 rings (SSSR count). The van der Waals surface area contributed by atoms with Gasteiger partial charge in [0.1, 0.15) is 17.1 Å². The van der Waals surface area contributed by atoms with Gasteiger partial charge < -0.3 is 19.5 Å². The van der Waals surface area contributed by atoms with Crippen LogP contribution in [0.15, 0.2) is 12.1 Å². The summed E-state index contributed by atoms with van der Waals surface area (Å²) < 4.78 is 32.6. The van der Waals surface area contributed by atoms with Gasteiger partial charge in [-0.3, -0.25) is 4.79 Å². The number of hydrogen-bond acceptors (Lipinski definition) is 6. The van der Waals surface area contributed by atoms with Crippen molar-refractivity contribution >= 4 is 27.6 Å². The molecule has 0 spiro atoms. The Hall–Kier alpha value is -2.33. The van der Waals surface area contributed by atoms with Crippen LogP contribution in [0.25, 0.3) is 0 Å². The van der Waals surface area contributed by atoms with Gasteiger partial charge >= 0.3 is 5.97 Å². The van der Waals surface area contributed by atoms with Gasteiger partial charge in [0.25, 0.3) is 0 Å². The summed E-state index contributed by atoms with van der Waals surface area (Å²) in [4.78, 5) is 25.1. The van der Waals surface area contributed by atoms with Crippen LogP contribution in [0.2, 0.25) is 0 Å². The van der Waals surface area contributed by atoms with E-state index in [0.717, 1.165) is 0 Å². The highest BCUT2D eigenvalue weighted by Crippen LogP contribution is 2.37. The Morgan fingerprint density at radius 2 is 2.04 bits per heavy atom. The zero-order valence-electron chi connectivity index (χ0n) is 13.2.